The van der Waals surface area contributed by atoms with Gasteiger partial charge < -0.3 is 5.73 Å². The maximum atomic E-state index is 7.39. The summed E-state index contributed by atoms with van der Waals surface area (Å²) in [5, 5.41) is 11.8. The molecule has 5 heteroatoms. The average Bonchev–Trinajstić information content (AvgIpc) is 2.57. The number of halogens is 1. The summed E-state index contributed by atoms with van der Waals surface area (Å²) >= 11 is 3.48. The van der Waals surface area contributed by atoms with E-state index in [1.165, 1.54) is 0 Å². The Bertz CT molecular complexity index is 586. The van der Waals surface area contributed by atoms with Crippen LogP contribution in [0.2, 0.25) is 0 Å². The molecule has 2 aromatic rings. The zero-order valence-electron chi connectivity index (χ0n) is 9.66. The molecule has 0 fully saturated rings. The topological polar surface area (TPSA) is 67.7 Å². The van der Waals surface area contributed by atoms with Crippen LogP contribution in [0.5, 0.6) is 0 Å². The first-order valence-electron chi connectivity index (χ1n) is 5.16. The van der Waals surface area contributed by atoms with Crippen LogP contribution >= 0.6 is 15.9 Å². The number of hydrogen-bond acceptors (Lipinski definition) is 2. The summed E-state index contributed by atoms with van der Waals surface area (Å²) in [6.07, 6.45) is 0. The molecule has 1 aromatic carbocycles. The predicted molar refractivity (Wildman–Crippen MR) is 71.8 cm³/mol. The molecule has 1 heterocycles. The molecule has 0 aliphatic rings. The van der Waals surface area contributed by atoms with Gasteiger partial charge in [-0.3, -0.25) is 5.41 Å². The van der Waals surface area contributed by atoms with Gasteiger partial charge >= 0.3 is 0 Å². The molecular formula is C12H13BrN4. The lowest BCUT2D eigenvalue weighted by Crippen LogP contribution is -2.11. The molecule has 0 aliphatic heterocycles. The van der Waals surface area contributed by atoms with Crippen LogP contribution < -0.4 is 5.73 Å². The van der Waals surface area contributed by atoms with Gasteiger partial charge in [0.2, 0.25) is 0 Å². The lowest BCUT2D eigenvalue weighted by atomic mass is 10.2. The summed E-state index contributed by atoms with van der Waals surface area (Å²) in [6.45, 7) is 3.96. The SMILES string of the molecule is Cc1cc(C)n(-c2ccc(C(=N)N)cc2Br)n1. The average molecular weight is 293 g/mol. The standard InChI is InChI=1S/C12H13BrN4/c1-7-5-8(2)17(16-7)11-4-3-9(12(14)15)6-10(11)13/h3-6H,1-2H3,(H3,14,15). The molecule has 0 spiro atoms. The summed E-state index contributed by atoms with van der Waals surface area (Å²) < 4.78 is 2.74. The van der Waals surface area contributed by atoms with Crippen LogP contribution in [0.3, 0.4) is 0 Å². The monoisotopic (exact) mass is 292 g/mol. The Kier molecular flexibility index (Phi) is 3.02. The van der Waals surface area contributed by atoms with Crippen LogP contribution in [0.15, 0.2) is 28.7 Å². The van der Waals surface area contributed by atoms with E-state index in [2.05, 4.69) is 21.0 Å². The van der Waals surface area contributed by atoms with Gasteiger partial charge in [-0.15, -0.1) is 0 Å². The fourth-order valence-corrected chi connectivity index (χ4v) is 2.27. The Morgan fingerprint density at radius 2 is 2.06 bits per heavy atom. The minimum absolute atomic E-state index is 0.0608. The fourth-order valence-electron chi connectivity index (χ4n) is 1.72. The van der Waals surface area contributed by atoms with Crippen molar-refractivity contribution in [3.8, 4) is 5.69 Å². The largest absolute Gasteiger partial charge is 0.384 e. The number of rotatable bonds is 2. The fraction of sp³-hybridized carbons (Fsp3) is 0.167. The maximum absolute atomic E-state index is 7.39. The highest BCUT2D eigenvalue weighted by molar-refractivity contribution is 9.10. The number of amidine groups is 1. The van der Waals surface area contributed by atoms with E-state index in [-0.39, 0.29) is 5.84 Å². The Labute approximate surface area is 108 Å². The Hall–Kier alpha value is -1.62. The summed E-state index contributed by atoms with van der Waals surface area (Å²) in [5.74, 6) is 0.0608. The van der Waals surface area contributed by atoms with Crippen molar-refractivity contribution in [2.45, 2.75) is 13.8 Å². The minimum Gasteiger partial charge on any atom is -0.384 e. The smallest absolute Gasteiger partial charge is 0.122 e. The van der Waals surface area contributed by atoms with Crippen LogP contribution in [0.1, 0.15) is 17.0 Å². The molecular weight excluding hydrogens is 280 g/mol. The number of nitrogen functional groups attached to an aromatic ring is 1. The molecule has 0 saturated carbocycles. The molecule has 4 nitrogen and oxygen atoms in total. The van der Waals surface area contributed by atoms with Gasteiger partial charge in [0.25, 0.3) is 0 Å². The second-order valence-electron chi connectivity index (χ2n) is 3.92. The molecule has 0 saturated heterocycles. The third kappa shape index (κ3) is 2.24. The van der Waals surface area contributed by atoms with E-state index in [1.54, 1.807) is 0 Å². The van der Waals surface area contributed by atoms with Gasteiger partial charge in [0.15, 0.2) is 0 Å². The number of nitrogens with two attached hydrogens (primary N) is 1. The van der Waals surface area contributed by atoms with E-state index in [1.807, 2.05) is 42.8 Å². The summed E-state index contributed by atoms with van der Waals surface area (Å²) in [4.78, 5) is 0. The highest BCUT2D eigenvalue weighted by Gasteiger charge is 2.08. The highest BCUT2D eigenvalue weighted by atomic mass is 79.9. The molecule has 0 aliphatic carbocycles. The Morgan fingerprint density at radius 1 is 1.35 bits per heavy atom. The second-order valence-corrected chi connectivity index (χ2v) is 4.77. The van der Waals surface area contributed by atoms with Crippen molar-refractivity contribution < 1.29 is 0 Å². The first-order valence-corrected chi connectivity index (χ1v) is 5.96. The summed E-state index contributed by atoms with van der Waals surface area (Å²) in [5.41, 5.74) is 9.13. The lowest BCUT2D eigenvalue weighted by molar-refractivity contribution is 0.830. The highest BCUT2D eigenvalue weighted by Crippen LogP contribution is 2.23. The quantitative estimate of drug-likeness (QED) is 0.660. The van der Waals surface area contributed by atoms with Crippen LogP contribution in [0, 0.1) is 19.3 Å². The predicted octanol–water partition coefficient (Wildman–Crippen LogP) is 2.54. The van der Waals surface area contributed by atoms with Crippen molar-refractivity contribution in [3.05, 3.63) is 45.7 Å². The Balaban J connectivity index is 2.54. The first kappa shape index (κ1) is 11.9. The second kappa shape index (κ2) is 4.33. The van der Waals surface area contributed by atoms with E-state index in [0.29, 0.717) is 5.56 Å². The summed E-state index contributed by atoms with van der Waals surface area (Å²) in [7, 11) is 0. The van der Waals surface area contributed by atoms with Crippen LogP contribution in [0.4, 0.5) is 0 Å². The van der Waals surface area contributed by atoms with Crippen molar-refractivity contribution in [2.24, 2.45) is 5.73 Å². The zero-order chi connectivity index (χ0) is 12.6. The maximum Gasteiger partial charge on any atom is 0.122 e. The van der Waals surface area contributed by atoms with E-state index in [4.69, 9.17) is 11.1 Å². The number of benzene rings is 1. The number of hydrogen-bond donors (Lipinski definition) is 2. The van der Waals surface area contributed by atoms with Crippen molar-refractivity contribution in [1.29, 1.82) is 5.41 Å². The van der Waals surface area contributed by atoms with Gasteiger partial charge in [-0.1, -0.05) is 0 Å². The third-order valence-electron chi connectivity index (χ3n) is 2.50. The molecule has 17 heavy (non-hydrogen) atoms. The van der Waals surface area contributed by atoms with E-state index in [0.717, 1.165) is 21.5 Å². The van der Waals surface area contributed by atoms with Gasteiger partial charge in [0, 0.05) is 15.7 Å². The number of nitrogens with one attached hydrogen (secondary N) is 1. The third-order valence-corrected chi connectivity index (χ3v) is 3.13. The Morgan fingerprint density at radius 3 is 2.53 bits per heavy atom. The normalized spacial score (nSPS) is 10.5. The lowest BCUT2D eigenvalue weighted by Gasteiger charge is -2.08. The van der Waals surface area contributed by atoms with E-state index >= 15 is 0 Å². The molecule has 0 bridgehead atoms. The minimum atomic E-state index is 0.0608. The molecule has 0 unspecified atom stereocenters. The van der Waals surface area contributed by atoms with Crippen LogP contribution in [-0.2, 0) is 0 Å². The number of nitrogens with zero attached hydrogens (tertiary/aromatic N) is 2. The first-order chi connectivity index (χ1) is 7.99. The van der Waals surface area contributed by atoms with Gasteiger partial charge in [-0.05, 0) is 54.0 Å². The van der Waals surface area contributed by atoms with E-state index < -0.39 is 0 Å². The molecule has 0 radical (unpaired) electrons. The number of aryl methyl sites for hydroxylation is 2. The molecule has 3 N–H and O–H groups in total. The zero-order valence-corrected chi connectivity index (χ0v) is 11.2. The molecule has 2 rings (SSSR count). The van der Waals surface area contributed by atoms with Gasteiger partial charge in [0.1, 0.15) is 5.84 Å². The number of aromatic nitrogens is 2. The van der Waals surface area contributed by atoms with Crippen molar-refractivity contribution in [2.75, 3.05) is 0 Å². The molecule has 0 amide bonds. The summed E-state index contributed by atoms with van der Waals surface area (Å²) in [6, 6.07) is 7.57. The van der Waals surface area contributed by atoms with Crippen molar-refractivity contribution in [1.82, 2.24) is 9.78 Å². The van der Waals surface area contributed by atoms with Crippen molar-refractivity contribution >= 4 is 21.8 Å². The van der Waals surface area contributed by atoms with Gasteiger partial charge in [-0.2, -0.15) is 5.10 Å². The van der Waals surface area contributed by atoms with Crippen molar-refractivity contribution in [3.63, 3.8) is 0 Å². The molecule has 1 aromatic heterocycles. The molecule has 88 valence electrons. The molecule has 0 atom stereocenters. The van der Waals surface area contributed by atoms with Crippen LogP contribution in [0.25, 0.3) is 5.69 Å². The van der Waals surface area contributed by atoms with Crippen LogP contribution in [-0.4, -0.2) is 15.6 Å². The van der Waals surface area contributed by atoms with Gasteiger partial charge in [-0.25, -0.2) is 4.68 Å². The van der Waals surface area contributed by atoms with Gasteiger partial charge in [0.05, 0.1) is 11.4 Å². The van der Waals surface area contributed by atoms with E-state index in [9.17, 15) is 0 Å².